The van der Waals surface area contributed by atoms with E-state index < -0.39 is 6.09 Å². The van der Waals surface area contributed by atoms with Crippen molar-refractivity contribution < 1.29 is 9.90 Å². The van der Waals surface area contributed by atoms with Crippen LogP contribution in [0.1, 0.15) is 11.1 Å². The average molecular weight is 311 g/mol. The Morgan fingerprint density at radius 3 is 2.57 bits per heavy atom. The second kappa shape index (κ2) is 6.79. The number of benzene rings is 1. The maximum absolute atomic E-state index is 10.9. The standard InChI is InChI=1S/C18H21N3O2/c1-14-11-15(16-3-2-6-19-12-16)4-5-17(14)13-20-7-9-21(10-8-20)18(22)23/h2-6,11-12H,7-10,13H2,1H3,(H,22,23). The molecule has 3 rings (SSSR count). The second-order valence-electron chi connectivity index (χ2n) is 5.93. The summed E-state index contributed by atoms with van der Waals surface area (Å²) in [5, 5.41) is 9.00. The quantitative estimate of drug-likeness (QED) is 0.947. The zero-order valence-corrected chi connectivity index (χ0v) is 13.3. The van der Waals surface area contributed by atoms with Crippen LogP contribution in [-0.4, -0.2) is 52.2 Å². The lowest BCUT2D eigenvalue weighted by Gasteiger charge is -2.33. The number of pyridine rings is 1. The van der Waals surface area contributed by atoms with Crippen LogP contribution in [0, 0.1) is 6.92 Å². The zero-order valence-electron chi connectivity index (χ0n) is 13.3. The molecule has 1 aliphatic rings. The number of aromatic nitrogens is 1. The fourth-order valence-corrected chi connectivity index (χ4v) is 2.92. The lowest BCUT2D eigenvalue weighted by atomic mass is 10.0. The van der Waals surface area contributed by atoms with Crippen LogP contribution < -0.4 is 0 Å². The SMILES string of the molecule is Cc1cc(-c2cccnc2)ccc1CN1CCN(C(=O)O)CC1. The second-order valence-corrected chi connectivity index (χ2v) is 5.93. The van der Waals surface area contributed by atoms with Gasteiger partial charge in [0, 0.05) is 45.1 Å². The largest absolute Gasteiger partial charge is 0.465 e. The van der Waals surface area contributed by atoms with Gasteiger partial charge >= 0.3 is 6.09 Å². The van der Waals surface area contributed by atoms with E-state index in [0.717, 1.165) is 25.2 Å². The van der Waals surface area contributed by atoms with Crippen LogP contribution >= 0.6 is 0 Å². The third-order valence-electron chi connectivity index (χ3n) is 4.37. The topological polar surface area (TPSA) is 56.7 Å². The molecule has 1 aromatic heterocycles. The summed E-state index contributed by atoms with van der Waals surface area (Å²) in [6.07, 6.45) is 2.84. The Balaban J connectivity index is 1.67. The highest BCUT2D eigenvalue weighted by Gasteiger charge is 2.20. The Kier molecular flexibility index (Phi) is 4.57. The van der Waals surface area contributed by atoms with Gasteiger partial charge in [-0.15, -0.1) is 0 Å². The van der Waals surface area contributed by atoms with Gasteiger partial charge in [-0.2, -0.15) is 0 Å². The predicted molar refractivity (Wildman–Crippen MR) is 89.3 cm³/mol. The molecule has 1 fully saturated rings. The van der Waals surface area contributed by atoms with Crippen molar-refractivity contribution in [3.8, 4) is 11.1 Å². The number of nitrogens with zero attached hydrogens (tertiary/aromatic N) is 3. The number of amides is 1. The summed E-state index contributed by atoms with van der Waals surface area (Å²) in [6, 6.07) is 10.5. The van der Waals surface area contributed by atoms with Gasteiger partial charge in [0.1, 0.15) is 0 Å². The monoisotopic (exact) mass is 311 g/mol. The molecule has 0 aliphatic carbocycles. The number of piperazine rings is 1. The van der Waals surface area contributed by atoms with Crippen LogP contribution in [0.2, 0.25) is 0 Å². The minimum absolute atomic E-state index is 0.585. The molecule has 0 unspecified atom stereocenters. The molecule has 1 aromatic carbocycles. The molecule has 1 saturated heterocycles. The van der Waals surface area contributed by atoms with Crippen molar-refractivity contribution in [2.75, 3.05) is 26.2 Å². The van der Waals surface area contributed by atoms with E-state index in [9.17, 15) is 4.79 Å². The summed E-state index contributed by atoms with van der Waals surface area (Å²) in [6.45, 7) is 5.74. The molecular formula is C18H21N3O2. The van der Waals surface area contributed by atoms with Gasteiger partial charge in [-0.3, -0.25) is 9.88 Å². The molecule has 23 heavy (non-hydrogen) atoms. The first kappa shape index (κ1) is 15.5. The van der Waals surface area contributed by atoms with Crippen molar-refractivity contribution in [2.24, 2.45) is 0 Å². The molecular weight excluding hydrogens is 290 g/mol. The average Bonchev–Trinajstić information content (AvgIpc) is 2.58. The van der Waals surface area contributed by atoms with E-state index >= 15 is 0 Å². The van der Waals surface area contributed by atoms with Crippen LogP contribution in [0.3, 0.4) is 0 Å². The number of aryl methyl sites for hydroxylation is 1. The highest BCUT2D eigenvalue weighted by atomic mass is 16.4. The number of carboxylic acid groups (broad SMARTS) is 1. The number of rotatable bonds is 3. The van der Waals surface area contributed by atoms with Gasteiger partial charge < -0.3 is 10.0 Å². The van der Waals surface area contributed by atoms with Crippen LogP contribution in [-0.2, 0) is 6.54 Å². The first-order chi connectivity index (χ1) is 11.1. The van der Waals surface area contributed by atoms with E-state index in [-0.39, 0.29) is 0 Å². The highest BCUT2D eigenvalue weighted by molar-refractivity contribution is 5.65. The third kappa shape index (κ3) is 3.68. The molecule has 1 amide bonds. The van der Waals surface area contributed by atoms with Gasteiger partial charge in [0.2, 0.25) is 0 Å². The Hall–Kier alpha value is -2.40. The van der Waals surface area contributed by atoms with E-state index in [4.69, 9.17) is 5.11 Å². The van der Waals surface area contributed by atoms with Gasteiger partial charge in [0.05, 0.1) is 0 Å². The lowest BCUT2D eigenvalue weighted by Crippen LogP contribution is -2.47. The van der Waals surface area contributed by atoms with E-state index in [1.165, 1.54) is 21.6 Å². The number of hydrogen-bond donors (Lipinski definition) is 1. The Morgan fingerprint density at radius 1 is 1.17 bits per heavy atom. The minimum Gasteiger partial charge on any atom is -0.465 e. The first-order valence-corrected chi connectivity index (χ1v) is 7.83. The van der Waals surface area contributed by atoms with Crippen LogP contribution in [0.25, 0.3) is 11.1 Å². The van der Waals surface area contributed by atoms with Crippen molar-refractivity contribution in [3.63, 3.8) is 0 Å². The summed E-state index contributed by atoms with van der Waals surface area (Å²) in [4.78, 5) is 18.9. The maximum Gasteiger partial charge on any atom is 0.407 e. The van der Waals surface area contributed by atoms with Gasteiger partial charge in [-0.25, -0.2) is 4.79 Å². The minimum atomic E-state index is -0.818. The normalized spacial score (nSPS) is 15.6. The maximum atomic E-state index is 10.9. The molecule has 2 heterocycles. The molecule has 1 aliphatic heterocycles. The Labute approximate surface area is 136 Å². The molecule has 0 radical (unpaired) electrons. The summed E-state index contributed by atoms with van der Waals surface area (Å²) in [7, 11) is 0. The molecule has 1 N–H and O–H groups in total. The molecule has 0 atom stereocenters. The van der Waals surface area contributed by atoms with Crippen LogP contribution in [0.15, 0.2) is 42.7 Å². The van der Waals surface area contributed by atoms with Gasteiger partial charge in [-0.1, -0.05) is 24.3 Å². The smallest absolute Gasteiger partial charge is 0.407 e. The van der Waals surface area contributed by atoms with E-state index in [1.54, 1.807) is 6.20 Å². The van der Waals surface area contributed by atoms with Crippen molar-refractivity contribution in [1.29, 1.82) is 0 Å². The fraction of sp³-hybridized carbons (Fsp3) is 0.333. The summed E-state index contributed by atoms with van der Waals surface area (Å²) in [5.74, 6) is 0. The Morgan fingerprint density at radius 2 is 1.96 bits per heavy atom. The van der Waals surface area contributed by atoms with Crippen LogP contribution in [0.5, 0.6) is 0 Å². The van der Waals surface area contributed by atoms with Crippen molar-refractivity contribution >= 4 is 6.09 Å². The number of hydrogen-bond acceptors (Lipinski definition) is 3. The summed E-state index contributed by atoms with van der Waals surface area (Å²) < 4.78 is 0. The summed E-state index contributed by atoms with van der Waals surface area (Å²) >= 11 is 0. The van der Waals surface area contributed by atoms with Gasteiger partial charge in [-0.05, 0) is 35.2 Å². The van der Waals surface area contributed by atoms with Crippen molar-refractivity contribution in [3.05, 3.63) is 53.9 Å². The molecule has 120 valence electrons. The third-order valence-corrected chi connectivity index (χ3v) is 4.37. The predicted octanol–water partition coefficient (Wildman–Crippen LogP) is 2.85. The molecule has 5 heteroatoms. The van der Waals surface area contributed by atoms with E-state index in [2.05, 4.69) is 41.1 Å². The molecule has 0 bridgehead atoms. The van der Waals surface area contributed by atoms with Gasteiger partial charge in [0.15, 0.2) is 0 Å². The fourth-order valence-electron chi connectivity index (χ4n) is 2.92. The zero-order chi connectivity index (χ0) is 16.2. The molecule has 5 nitrogen and oxygen atoms in total. The van der Waals surface area contributed by atoms with E-state index in [0.29, 0.717) is 13.1 Å². The van der Waals surface area contributed by atoms with Crippen molar-refractivity contribution in [2.45, 2.75) is 13.5 Å². The number of carbonyl (C=O) groups is 1. The Bertz CT molecular complexity index is 680. The van der Waals surface area contributed by atoms with E-state index in [1.807, 2.05) is 12.3 Å². The van der Waals surface area contributed by atoms with Gasteiger partial charge in [0.25, 0.3) is 0 Å². The molecule has 0 saturated carbocycles. The van der Waals surface area contributed by atoms with Crippen molar-refractivity contribution in [1.82, 2.24) is 14.8 Å². The lowest BCUT2D eigenvalue weighted by molar-refractivity contribution is 0.103. The highest BCUT2D eigenvalue weighted by Crippen LogP contribution is 2.22. The first-order valence-electron chi connectivity index (χ1n) is 7.83. The summed E-state index contributed by atoms with van der Waals surface area (Å²) in [5.41, 5.74) is 4.85. The molecule has 2 aromatic rings. The molecule has 0 spiro atoms. The van der Waals surface area contributed by atoms with Crippen LogP contribution in [0.4, 0.5) is 4.79 Å².